The first kappa shape index (κ1) is 36.7. The van der Waals surface area contributed by atoms with Gasteiger partial charge in [0.25, 0.3) is 0 Å². The van der Waals surface area contributed by atoms with Gasteiger partial charge in [0.05, 0.1) is 13.0 Å². The molecule has 3 fully saturated rings. The number of aliphatic hydroxyl groups excluding tert-OH is 2. The van der Waals surface area contributed by atoms with Crippen molar-refractivity contribution in [2.75, 3.05) is 13.2 Å². The van der Waals surface area contributed by atoms with Crippen molar-refractivity contribution in [1.29, 1.82) is 0 Å². The molecule has 0 bridgehead atoms. The summed E-state index contributed by atoms with van der Waals surface area (Å²) in [5.74, 6) is -0.681. The van der Waals surface area contributed by atoms with Crippen LogP contribution in [0.4, 0.5) is 0 Å². The van der Waals surface area contributed by atoms with E-state index in [4.69, 9.17) is 4.74 Å². The molecule has 3 rings (SSSR count). The number of unbranched alkanes of at least 4 members (excludes halogenated alkanes) is 6. The molecule has 0 amide bonds. The molecule has 0 spiro atoms. The quantitative estimate of drug-likeness (QED) is 0.0794. The number of hydrogen-bond donors (Lipinski definition) is 2. The molecule has 2 N–H and O–H groups in total. The maximum absolute atomic E-state index is 13.9. The van der Waals surface area contributed by atoms with E-state index in [1.165, 1.54) is 116 Å². The van der Waals surface area contributed by atoms with E-state index in [9.17, 15) is 15.0 Å². The second kappa shape index (κ2) is 18.4. The van der Waals surface area contributed by atoms with Gasteiger partial charge in [0.15, 0.2) is 0 Å². The van der Waals surface area contributed by atoms with Gasteiger partial charge in [0.2, 0.25) is 0 Å². The van der Waals surface area contributed by atoms with E-state index in [2.05, 4.69) is 56.2 Å². The molecule has 0 aromatic rings. The minimum Gasteiger partial charge on any atom is -0.463 e. The van der Waals surface area contributed by atoms with Gasteiger partial charge >= 0.3 is 5.97 Å². The molecule has 252 valence electrons. The zero-order valence-corrected chi connectivity index (χ0v) is 28.9. The number of ether oxygens (including phenoxy) is 1. The van der Waals surface area contributed by atoms with E-state index < -0.39 is 18.5 Å². The summed E-state index contributed by atoms with van der Waals surface area (Å²) < 4.78 is 5.75. The van der Waals surface area contributed by atoms with Crippen molar-refractivity contribution in [3.05, 3.63) is 0 Å². The van der Waals surface area contributed by atoms with Crippen molar-refractivity contribution in [2.24, 2.45) is 0 Å². The topological polar surface area (TPSA) is 75.8 Å². The third-order valence-corrected chi connectivity index (χ3v) is 10.6. The Kier molecular flexibility index (Phi) is 15.7. The highest BCUT2D eigenvalue weighted by Gasteiger charge is 2.74. The molecule has 7 atom stereocenters. The Bertz CT molecular complexity index is 676. The van der Waals surface area contributed by atoms with E-state index in [1.807, 2.05) is 0 Å². The zero-order valence-electron chi connectivity index (χ0n) is 28.9. The zero-order chi connectivity index (χ0) is 31.4. The Balaban J connectivity index is 2.09. The average molecular weight is 608 g/mol. The molecule has 3 aliphatic heterocycles. The summed E-state index contributed by atoms with van der Waals surface area (Å²) >= 11 is 0. The van der Waals surface area contributed by atoms with Gasteiger partial charge in [-0.15, -0.1) is 0 Å². The van der Waals surface area contributed by atoms with Crippen LogP contribution in [-0.4, -0.2) is 92.2 Å². The Morgan fingerprint density at radius 3 is 1.12 bits per heavy atom. The number of carbonyl (C=O) groups excluding carboxylic acids is 1. The molecule has 7 unspecified atom stereocenters. The van der Waals surface area contributed by atoms with Gasteiger partial charge in [-0.2, -0.15) is 0 Å². The molecule has 3 saturated heterocycles. The maximum atomic E-state index is 13.9. The Hall–Kier alpha value is -0.730. The molecular formula is C36H69N3O4. The van der Waals surface area contributed by atoms with Crippen LogP contribution in [0.2, 0.25) is 0 Å². The first-order chi connectivity index (χ1) is 20.9. The van der Waals surface area contributed by atoms with Gasteiger partial charge < -0.3 is 14.9 Å². The number of aliphatic hydroxyl groups is 2. The van der Waals surface area contributed by atoms with Crippen molar-refractivity contribution < 1.29 is 19.7 Å². The maximum Gasteiger partial charge on any atom is 0.310 e. The van der Waals surface area contributed by atoms with Gasteiger partial charge in [-0.05, 0) is 38.5 Å². The van der Waals surface area contributed by atoms with Crippen molar-refractivity contribution in [3.63, 3.8) is 0 Å². The molecular weight excluding hydrogens is 538 g/mol. The summed E-state index contributed by atoms with van der Waals surface area (Å²) in [7, 11) is 0. The molecule has 43 heavy (non-hydrogen) atoms. The van der Waals surface area contributed by atoms with Crippen LogP contribution >= 0.6 is 0 Å². The summed E-state index contributed by atoms with van der Waals surface area (Å²) in [6, 6.07) is 3.09. The molecule has 3 aliphatic rings. The standard InChI is InChI=1S/C36H69N3O4/c1-7-13-19-29-30(20-14-8-2)37(29)36(25-35(42)43-27-28(41)26-40,38-31(21-15-9-3)32(38)22-16-10-4)39-33(23-17-11-5)34(39)24-18-12-6/h28-34,40-41H,7-27H2,1-6H3. The Morgan fingerprint density at radius 2 is 0.884 bits per heavy atom. The summed E-state index contributed by atoms with van der Waals surface area (Å²) in [5, 5.41) is 19.5. The lowest BCUT2D eigenvalue weighted by atomic mass is 10.1. The second-order valence-corrected chi connectivity index (χ2v) is 13.9. The fourth-order valence-electron chi connectivity index (χ4n) is 8.23. The summed E-state index contributed by atoms with van der Waals surface area (Å²) in [5.41, 5.74) is 0. The summed E-state index contributed by atoms with van der Waals surface area (Å²) in [6.07, 6.45) is 21.0. The lowest BCUT2D eigenvalue weighted by Gasteiger charge is -2.42. The highest BCUT2D eigenvalue weighted by molar-refractivity contribution is 5.71. The molecule has 3 heterocycles. The predicted octanol–water partition coefficient (Wildman–Crippen LogP) is 7.23. The highest BCUT2D eigenvalue weighted by atomic mass is 16.5. The van der Waals surface area contributed by atoms with Crippen LogP contribution in [0, 0.1) is 0 Å². The largest absolute Gasteiger partial charge is 0.463 e. The number of esters is 1. The van der Waals surface area contributed by atoms with Gasteiger partial charge in [-0.25, -0.2) is 0 Å². The minimum atomic E-state index is -1.03. The predicted molar refractivity (Wildman–Crippen MR) is 177 cm³/mol. The van der Waals surface area contributed by atoms with Crippen LogP contribution in [-0.2, 0) is 9.53 Å². The van der Waals surface area contributed by atoms with Crippen LogP contribution in [0.25, 0.3) is 0 Å². The fourth-order valence-corrected chi connectivity index (χ4v) is 8.23. The third kappa shape index (κ3) is 9.18. The normalized spacial score (nSPS) is 33.2. The average Bonchev–Trinajstić information content (AvgIpc) is 3.96. The molecule has 0 aromatic carbocycles. The summed E-state index contributed by atoms with van der Waals surface area (Å²) in [4.78, 5) is 22.4. The lowest BCUT2D eigenvalue weighted by Crippen LogP contribution is -2.58. The molecule has 0 aliphatic carbocycles. The molecule has 7 nitrogen and oxygen atoms in total. The van der Waals surface area contributed by atoms with E-state index in [0.29, 0.717) is 42.7 Å². The molecule has 0 aromatic heterocycles. The third-order valence-electron chi connectivity index (χ3n) is 10.6. The van der Waals surface area contributed by atoms with Crippen LogP contribution in [0.5, 0.6) is 0 Å². The van der Waals surface area contributed by atoms with Crippen molar-refractivity contribution in [1.82, 2.24) is 14.7 Å². The second-order valence-electron chi connectivity index (χ2n) is 13.9. The SMILES string of the molecule is CCCCC1C(CCCC)N1C(CC(=O)OCC(O)CO)(N1C(CCCC)C1CCCC)N1C(CCCC)C1CCCC. The van der Waals surface area contributed by atoms with E-state index in [1.54, 1.807) is 0 Å². The van der Waals surface area contributed by atoms with E-state index in [-0.39, 0.29) is 12.6 Å². The number of carbonyl (C=O) groups is 1. The van der Waals surface area contributed by atoms with Crippen LogP contribution < -0.4 is 0 Å². The number of rotatable bonds is 26. The molecule has 0 saturated carbocycles. The first-order valence-electron chi connectivity index (χ1n) is 18.7. The monoisotopic (exact) mass is 608 g/mol. The fraction of sp³-hybridized carbons (Fsp3) is 0.972. The van der Waals surface area contributed by atoms with Crippen molar-refractivity contribution in [3.8, 4) is 0 Å². The lowest BCUT2D eigenvalue weighted by molar-refractivity contribution is -0.158. The smallest absolute Gasteiger partial charge is 0.310 e. The van der Waals surface area contributed by atoms with Gasteiger partial charge in [0, 0.05) is 36.3 Å². The van der Waals surface area contributed by atoms with Gasteiger partial charge in [-0.1, -0.05) is 119 Å². The Morgan fingerprint density at radius 1 is 0.605 bits per heavy atom. The summed E-state index contributed by atoms with van der Waals surface area (Å²) in [6.45, 7) is 13.2. The highest BCUT2D eigenvalue weighted by Crippen LogP contribution is 2.60. The van der Waals surface area contributed by atoms with Crippen molar-refractivity contribution >= 4 is 5.97 Å². The molecule has 7 heteroatoms. The number of hydrogen-bond acceptors (Lipinski definition) is 7. The van der Waals surface area contributed by atoms with Gasteiger partial charge in [0.1, 0.15) is 18.5 Å². The van der Waals surface area contributed by atoms with Crippen LogP contribution in [0.3, 0.4) is 0 Å². The van der Waals surface area contributed by atoms with Gasteiger partial charge in [-0.3, -0.25) is 19.5 Å². The minimum absolute atomic E-state index is 0.138. The Labute approximate surface area is 265 Å². The van der Waals surface area contributed by atoms with Crippen LogP contribution in [0.1, 0.15) is 164 Å². The van der Waals surface area contributed by atoms with Crippen molar-refractivity contribution in [2.45, 2.75) is 212 Å². The van der Waals surface area contributed by atoms with E-state index >= 15 is 0 Å². The molecule has 0 radical (unpaired) electrons. The van der Waals surface area contributed by atoms with Crippen LogP contribution in [0.15, 0.2) is 0 Å². The first-order valence-corrected chi connectivity index (χ1v) is 18.7. The van der Waals surface area contributed by atoms with E-state index in [0.717, 1.165) is 0 Å². The number of nitrogens with zero attached hydrogens (tertiary/aromatic N) is 3.